The molecule has 0 radical (unpaired) electrons. The minimum Gasteiger partial charge on any atom is -0.465 e. The minimum absolute atomic E-state index is 0.0985. The molecule has 3 aliphatic heterocycles. The maximum atomic E-state index is 13.3. The van der Waals surface area contributed by atoms with Crippen LogP contribution in [0.15, 0.2) is 29.2 Å². The van der Waals surface area contributed by atoms with E-state index in [4.69, 9.17) is 19.0 Å². The van der Waals surface area contributed by atoms with Gasteiger partial charge >= 0.3 is 11.7 Å². The molecule has 0 aromatic heterocycles. The lowest BCUT2D eigenvalue weighted by Crippen LogP contribution is -2.72. The number of carbonyl (C=O) groups is 1. The summed E-state index contributed by atoms with van der Waals surface area (Å²) in [6.45, 7) is 0.828. The number of hydrogen-bond acceptors (Lipinski definition) is 8. The fourth-order valence-corrected chi connectivity index (χ4v) is 3.46. The van der Waals surface area contributed by atoms with E-state index < -0.39 is 29.5 Å². The van der Waals surface area contributed by atoms with Crippen molar-refractivity contribution in [3.63, 3.8) is 0 Å². The SMILES string of the molecule is COC(=O)C1(C2C=CC(F)=CC2)ON=C2C(O)OC3(COC3)CN21. The van der Waals surface area contributed by atoms with Crippen molar-refractivity contribution >= 4 is 11.8 Å². The molecule has 3 unspecified atom stereocenters. The number of morpholine rings is 1. The van der Waals surface area contributed by atoms with E-state index in [1.54, 1.807) is 11.0 Å². The molecule has 1 spiro atoms. The van der Waals surface area contributed by atoms with E-state index in [1.165, 1.54) is 19.3 Å². The Morgan fingerprint density at radius 1 is 1.54 bits per heavy atom. The van der Waals surface area contributed by atoms with E-state index >= 15 is 0 Å². The van der Waals surface area contributed by atoms with Gasteiger partial charge in [0.25, 0.3) is 0 Å². The summed E-state index contributed by atoms with van der Waals surface area (Å²) >= 11 is 0. The number of halogens is 1. The highest BCUT2D eigenvalue weighted by Crippen LogP contribution is 2.43. The third-order valence-corrected chi connectivity index (χ3v) is 4.75. The molecule has 1 aliphatic carbocycles. The van der Waals surface area contributed by atoms with Gasteiger partial charge in [0.05, 0.1) is 32.8 Å². The van der Waals surface area contributed by atoms with Crippen molar-refractivity contribution in [2.45, 2.75) is 24.0 Å². The highest BCUT2D eigenvalue weighted by Gasteiger charge is 2.64. The number of rotatable bonds is 2. The quantitative estimate of drug-likeness (QED) is 0.710. The van der Waals surface area contributed by atoms with E-state index in [1.807, 2.05) is 0 Å². The zero-order valence-electron chi connectivity index (χ0n) is 13.0. The molecular weight excluding hydrogens is 323 g/mol. The summed E-state index contributed by atoms with van der Waals surface area (Å²) in [6.07, 6.45) is 3.09. The lowest BCUT2D eigenvalue weighted by atomic mass is 9.85. The molecule has 8 nitrogen and oxygen atoms in total. The van der Waals surface area contributed by atoms with E-state index in [0.717, 1.165) is 0 Å². The van der Waals surface area contributed by atoms with Crippen LogP contribution < -0.4 is 0 Å². The summed E-state index contributed by atoms with van der Waals surface area (Å²) in [5, 5.41) is 14.1. The predicted molar refractivity (Wildman–Crippen MR) is 77.1 cm³/mol. The summed E-state index contributed by atoms with van der Waals surface area (Å²) in [7, 11) is 1.24. The molecule has 0 aromatic carbocycles. The van der Waals surface area contributed by atoms with E-state index in [0.29, 0.717) is 13.2 Å². The lowest BCUT2D eigenvalue weighted by molar-refractivity contribution is -0.282. The molecule has 0 aromatic rings. The Labute approximate surface area is 137 Å². The van der Waals surface area contributed by atoms with Crippen LogP contribution in [0.3, 0.4) is 0 Å². The second kappa shape index (κ2) is 5.27. The zero-order valence-corrected chi connectivity index (χ0v) is 13.0. The van der Waals surface area contributed by atoms with Gasteiger partial charge in [-0.05, 0) is 18.6 Å². The number of methoxy groups -OCH3 is 1. The Bertz CT molecular complexity index is 658. The van der Waals surface area contributed by atoms with Crippen LogP contribution >= 0.6 is 0 Å². The van der Waals surface area contributed by atoms with Gasteiger partial charge in [-0.15, -0.1) is 0 Å². The molecule has 2 saturated heterocycles. The number of amidine groups is 1. The van der Waals surface area contributed by atoms with Gasteiger partial charge in [-0.3, -0.25) is 0 Å². The first-order chi connectivity index (χ1) is 11.5. The first-order valence-corrected chi connectivity index (χ1v) is 7.60. The van der Waals surface area contributed by atoms with Gasteiger partial charge in [0.2, 0.25) is 12.1 Å². The van der Waals surface area contributed by atoms with E-state index in [-0.39, 0.29) is 24.6 Å². The second-order valence-electron chi connectivity index (χ2n) is 6.25. The molecule has 9 heteroatoms. The van der Waals surface area contributed by atoms with Gasteiger partial charge in [-0.2, -0.15) is 0 Å². The molecule has 2 fully saturated rings. The Hall–Kier alpha value is -1.97. The number of allylic oxidation sites excluding steroid dienone is 3. The summed E-state index contributed by atoms with van der Waals surface area (Å²) in [6, 6.07) is 0. The monoisotopic (exact) mass is 340 g/mol. The van der Waals surface area contributed by atoms with Gasteiger partial charge in [0.15, 0.2) is 0 Å². The van der Waals surface area contributed by atoms with Crippen LogP contribution in [-0.2, 0) is 23.8 Å². The van der Waals surface area contributed by atoms with Crippen LogP contribution in [0.2, 0.25) is 0 Å². The number of esters is 1. The smallest absolute Gasteiger partial charge is 0.375 e. The Morgan fingerprint density at radius 2 is 2.33 bits per heavy atom. The van der Waals surface area contributed by atoms with Crippen LogP contribution in [-0.4, -0.2) is 66.3 Å². The predicted octanol–water partition coefficient (Wildman–Crippen LogP) is 0.0485. The van der Waals surface area contributed by atoms with Gasteiger partial charge in [-0.1, -0.05) is 11.2 Å². The van der Waals surface area contributed by atoms with Crippen molar-refractivity contribution in [3.8, 4) is 0 Å². The van der Waals surface area contributed by atoms with E-state index in [2.05, 4.69) is 5.16 Å². The number of aliphatic hydroxyl groups is 1. The summed E-state index contributed by atoms with van der Waals surface area (Å²) < 4.78 is 29.0. The lowest BCUT2D eigenvalue weighted by Gasteiger charge is -2.51. The molecule has 3 heterocycles. The number of ether oxygens (including phenoxy) is 3. The van der Waals surface area contributed by atoms with Crippen molar-refractivity contribution < 1.29 is 33.3 Å². The van der Waals surface area contributed by atoms with Crippen LogP contribution in [0.4, 0.5) is 4.39 Å². The Kier molecular flexibility index (Phi) is 3.41. The second-order valence-corrected chi connectivity index (χ2v) is 6.25. The number of nitrogens with zero attached hydrogens (tertiary/aromatic N) is 2. The Morgan fingerprint density at radius 3 is 2.92 bits per heavy atom. The summed E-state index contributed by atoms with van der Waals surface area (Å²) in [5.74, 6) is -1.48. The van der Waals surface area contributed by atoms with Crippen molar-refractivity contribution in [1.82, 2.24) is 4.90 Å². The maximum absolute atomic E-state index is 13.3. The topological polar surface area (TPSA) is 89.8 Å². The molecule has 1 N–H and O–H groups in total. The number of carbonyl (C=O) groups excluding carboxylic acids is 1. The zero-order chi connectivity index (χ0) is 16.9. The number of oxime groups is 1. The van der Waals surface area contributed by atoms with Gasteiger partial charge in [0.1, 0.15) is 11.4 Å². The van der Waals surface area contributed by atoms with Crippen molar-refractivity contribution in [2.75, 3.05) is 26.9 Å². The standard InChI is InChI=1S/C15H17FN2O6/c1-21-13(20)15(9-2-4-10(16)5-3-9)18-6-14(7-22-8-14)23-12(19)11(18)17-24-15/h2,4-5,9,12,19H,3,6-8H2,1H3. The van der Waals surface area contributed by atoms with Crippen LogP contribution in [0.25, 0.3) is 0 Å². The average Bonchev–Trinajstić information content (AvgIpc) is 2.94. The van der Waals surface area contributed by atoms with Gasteiger partial charge < -0.3 is 29.1 Å². The highest BCUT2D eigenvalue weighted by atomic mass is 19.1. The molecule has 0 amide bonds. The van der Waals surface area contributed by atoms with Crippen molar-refractivity contribution in [2.24, 2.45) is 11.1 Å². The molecule has 4 rings (SSSR count). The molecule has 0 bridgehead atoms. The summed E-state index contributed by atoms with van der Waals surface area (Å²) in [4.78, 5) is 19.7. The van der Waals surface area contributed by atoms with Gasteiger partial charge in [0, 0.05) is 0 Å². The van der Waals surface area contributed by atoms with Gasteiger partial charge in [-0.25, -0.2) is 9.18 Å². The first-order valence-electron chi connectivity index (χ1n) is 7.60. The van der Waals surface area contributed by atoms with Crippen LogP contribution in [0, 0.1) is 5.92 Å². The number of hydrogen-bond donors (Lipinski definition) is 1. The molecular formula is C15H17FN2O6. The molecule has 24 heavy (non-hydrogen) atoms. The molecule has 4 aliphatic rings. The van der Waals surface area contributed by atoms with Crippen molar-refractivity contribution in [1.29, 1.82) is 0 Å². The molecule has 0 saturated carbocycles. The molecule has 3 atom stereocenters. The highest BCUT2D eigenvalue weighted by molar-refractivity contribution is 5.94. The average molecular weight is 340 g/mol. The minimum atomic E-state index is -1.61. The van der Waals surface area contributed by atoms with E-state index in [9.17, 15) is 14.3 Å². The fraction of sp³-hybridized carbons (Fsp3) is 0.600. The third kappa shape index (κ3) is 2.01. The number of fused-ring (bicyclic) bond motifs is 1. The maximum Gasteiger partial charge on any atom is 0.375 e. The third-order valence-electron chi connectivity index (χ3n) is 4.75. The van der Waals surface area contributed by atoms with Crippen LogP contribution in [0.1, 0.15) is 6.42 Å². The Balaban J connectivity index is 1.72. The summed E-state index contributed by atoms with van der Waals surface area (Å²) in [5.41, 5.74) is -2.34. The molecule has 130 valence electrons. The largest absolute Gasteiger partial charge is 0.465 e. The fourth-order valence-electron chi connectivity index (χ4n) is 3.46. The first kappa shape index (κ1) is 15.6. The normalized spacial score (nSPS) is 36.4. The number of aliphatic hydroxyl groups excluding tert-OH is 1. The van der Waals surface area contributed by atoms with Crippen molar-refractivity contribution in [3.05, 3.63) is 24.1 Å². The van der Waals surface area contributed by atoms with Crippen LogP contribution in [0.5, 0.6) is 0 Å².